The zero-order valence-electron chi connectivity index (χ0n) is 22.4. The maximum atomic E-state index is 13.6. The fraction of sp³-hybridized carbons (Fsp3) is 0.517. The van der Waals surface area contributed by atoms with Crippen LogP contribution in [-0.2, 0) is 32.6 Å². The summed E-state index contributed by atoms with van der Waals surface area (Å²) in [5, 5.41) is 0. The first-order chi connectivity index (χ1) is 17.7. The number of nitrogens with zero attached hydrogens (tertiary/aromatic N) is 3. The molecule has 0 N–H and O–H groups in total. The maximum absolute atomic E-state index is 13.6. The Morgan fingerprint density at radius 1 is 0.973 bits per heavy atom. The first-order valence-corrected chi connectivity index (χ1v) is 15.0. The van der Waals surface area contributed by atoms with Crippen LogP contribution < -0.4 is 0 Å². The molecule has 202 valence electrons. The van der Waals surface area contributed by atoms with E-state index in [1.165, 1.54) is 4.31 Å². The van der Waals surface area contributed by atoms with Gasteiger partial charge in [0.2, 0.25) is 21.8 Å². The average molecular weight is 528 g/mol. The Bertz CT molecular complexity index is 1130. The quantitative estimate of drug-likeness (QED) is 0.418. The molecule has 7 nitrogen and oxygen atoms in total. The van der Waals surface area contributed by atoms with Gasteiger partial charge in [0.1, 0.15) is 0 Å². The second-order valence-corrected chi connectivity index (χ2v) is 12.0. The van der Waals surface area contributed by atoms with Crippen molar-refractivity contribution in [1.82, 2.24) is 14.1 Å². The third-order valence-corrected chi connectivity index (χ3v) is 9.02. The lowest BCUT2D eigenvalue weighted by atomic mass is 10.00. The van der Waals surface area contributed by atoms with Crippen LogP contribution in [0.5, 0.6) is 0 Å². The number of aryl methyl sites for hydroxylation is 2. The Kier molecular flexibility index (Phi) is 10.7. The highest BCUT2D eigenvalue weighted by Gasteiger charge is 2.32. The van der Waals surface area contributed by atoms with Crippen LogP contribution in [-0.4, -0.2) is 72.3 Å². The first kappa shape index (κ1) is 28.9. The minimum Gasteiger partial charge on any atom is -0.343 e. The molecule has 2 aromatic carbocycles. The van der Waals surface area contributed by atoms with Crippen molar-refractivity contribution in [3.05, 3.63) is 71.3 Å². The van der Waals surface area contributed by atoms with Gasteiger partial charge in [0, 0.05) is 38.6 Å². The second kappa shape index (κ2) is 13.7. The third kappa shape index (κ3) is 8.14. The van der Waals surface area contributed by atoms with E-state index in [1.807, 2.05) is 78.2 Å². The van der Waals surface area contributed by atoms with Gasteiger partial charge in [0.05, 0.1) is 12.3 Å². The Hall–Kier alpha value is -2.71. The van der Waals surface area contributed by atoms with Gasteiger partial charge in [-0.05, 0) is 56.2 Å². The fourth-order valence-corrected chi connectivity index (χ4v) is 6.00. The molecule has 8 heteroatoms. The van der Waals surface area contributed by atoms with Gasteiger partial charge in [-0.25, -0.2) is 8.42 Å². The molecule has 1 fully saturated rings. The van der Waals surface area contributed by atoms with E-state index in [9.17, 15) is 18.0 Å². The van der Waals surface area contributed by atoms with E-state index in [1.54, 1.807) is 6.92 Å². The summed E-state index contributed by atoms with van der Waals surface area (Å²) in [6.45, 7) is 7.36. The lowest BCUT2D eigenvalue weighted by molar-refractivity contribution is -0.137. The van der Waals surface area contributed by atoms with Crippen LogP contribution in [0.2, 0.25) is 0 Å². The number of sulfonamides is 1. The summed E-state index contributed by atoms with van der Waals surface area (Å²) in [5.74, 6) is -0.0634. The topological polar surface area (TPSA) is 78.0 Å². The molecule has 2 aromatic rings. The van der Waals surface area contributed by atoms with E-state index in [0.29, 0.717) is 51.9 Å². The molecule has 0 bridgehead atoms. The van der Waals surface area contributed by atoms with E-state index in [2.05, 4.69) is 0 Å². The van der Waals surface area contributed by atoms with Crippen molar-refractivity contribution in [3.63, 3.8) is 0 Å². The fourth-order valence-electron chi connectivity index (χ4n) is 4.86. The monoisotopic (exact) mass is 527 g/mol. The molecule has 0 unspecified atom stereocenters. The predicted molar refractivity (Wildman–Crippen MR) is 147 cm³/mol. The van der Waals surface area contributed by atoms with E-state index < -0.39 is 10.0 Å². The smallest absolute Gasteiger partial charge is 0.238 e. The number of rotatable bonds is 12. The Morgan fingerprint density at radius 2 is 1.62 bits per heavy atom. The van der Waals surface area contributed by atoms with Crippen LogP contribution in [0.1, 0.15) is 56.2 Å². The Morgan fingerprint density at radius 3 is 2.24 bits per heavy atom. The van der Waals surface area contributed by atoms with Crippen LogP contribution in [0.3, 0.4) is 0 Å². The van der Waals surface area contributed by atoms with Crippen LogP contribution in [0.15, 0.2) is 54.6 Å². The normalized spacial score (nSPS) is 14.6. The van der Waals surface area contributed by atoms with Crippen molar-refractivity contribution in [2.45, 2.75) is 65.5 Å². The highest BCUT2D eigenvalue weighted by atomic mass is 32.2. The van der Waals surface area contributed by atoms with Crippen molar-refractivity contribution < 1.29 is 18.0 Å². The van der Waals surface area contributed by atoms with Crippen molar-refractivity contribution in [2.24, 2.45) is 0 Å². The molecule has 0 radical (unpaired) electrons. The Labute approximate surface area is 222 Å². The summed E-state index contributed by atoms with van der Waals surface area (Å²) >= 11 is 0. The molecule has 0 saturated carbocycles. The Balaban J connectivity index is 1.69. The van der Waals surface area contributed by atoms with Gasteiger partial charge in [-0.15, -0.1) is 0 Å². The molecular weight excluding hydrogens is 486 g/mol. The molecule has 0 aliphatic carbocycles. The summed E-state index contributed by atoms with van der Waals surface area (Å²) in [6, 6.07) is 18.0. The molecule has 2 amide bonds. The lowest BCUT2D eigenvalue weighted by Gasteiger charge is -2.39. The molecule has 0 spiro atoms. The zero-order chi connectivity index (χ0) is 26.8. The number of hydrogen-bond donors (Lipinski definition) is 0. The minimum absolute atomic E-state index is 0.0262. The molecule has 1 heterocycles. The van der Waals surface area contributed by atoms with E-state index >= 15 is 0 Å². The second-order valence-electron chi connectivity index (χ2n) is 9.78. The van der Waals surface area contributed by atoms with Crippen molar-refractivity contribution in [2.75, 3.05) is 31.9 Å². The number of piperidine rings is 1. The summed E-state index contributed by atoms with van der Waals surface area (Å²) in [4.78, 5) is 30.2. The van der Waals surface area contributed by atoms with Crippen LogP contribution in [0, 0.1) is 6.92 Å². The molecule has 1 saturated heterocycles. The standard InChI is InChI=1S/C29H41N3O4S/c1-4-19-31(37(35,36)5-2)23-29(34)32(22-26-14-10-9-11-24(26)3)27-17-20-30(21-18-27)28(33)16-15-25-12-7-6-8-13-25/h6-14,27H,4-5,15-23H2,1-3H3. The van der Waals surface area contributed by atoms with Gasteiger partial charge in [0.25, 0.3) is 0 Å². The van der Waals surface area contributed by atoms with Gasteiger partial charge in [-0.2, -0.15) is 4.31 Å². The van der Waals surface area contributed by atoms with Gasteiger partial charge < -0.3 is 9.80 Å². The first-order valence-electron chi connectivity index (χ1n) is 13.4. The van der Waals surface area contributed by atoms with Crippen molar-refractivity contribution >= 4 is 21.8 Å². The average Bonchev–Trinajstić information content (AvgIpc) is 2.91. The van der Waals surface area contributed by atoms with Crippen LogP contribution in [0.4, 0.5) is 0 Å². The van der Waals surface area contributed by atoms with Gasteiger partial charge in [-0.1, -0.05) is 61.5 Å². The highest BCUT2D eigenvalue weighted by Crippen LogP contribution is 2.22. The predicted octanol–water partition coefficient (Wildman–Crippen LogP) is 4.01. The van der Waals surface area contributed by atoms with Crippen molar-refractivity contribution in [1.29, 1.82) is 0 Å². The molecule has 3 rings (SSSR count). The summed E-state index contributed by atoms with van der Waals surface area (Å²) in [7, 11) is -3.48. The number of hydrogen-bond acceptors (Lipinski definition) is 4. The molecule has 1 aliphatic rings. The zero-order valence-corrected chi connectivity index (χ0v) is 23.3. The number of likely N-dealkylation sites (tertiary alicyclic amines) is 1. The summed E-state index contributed by atoms with van der Waals surface area (Å²) < 4.78 is 26.6. The minimum atomic E-state index is -3.48. The lowest BCUT2D eigenvalue weighted by Crippen LogP contribution is -2.51. The molecule has 1 aliphatic heterocycles. The molecule has 0 atom stereocenters. The van der Waals surface area contributed by atoms with Gasteiger partial charge >= 0.3 is 0 Å². The maximum Gasteiger partial charge on any atom is 0.238 e. The van der Waals surface area contributed by atoms with Crippen LogP contribution >= 0.6 is 0 Å². The number of carbonyl (C=O) groups is 2. The molecule has 37 heavy (non-hydrogen) atoms. The summed E-state index contributed by atoms with van der Waals surface area (Å²) in [5.41, 5.74) is 3.30. The number of amides is 2. The van der Waals surface area contributed by atoms with Crippen molar-refractivity contribution in [3.8, 4) is 0 Å². The van der Waals surface area contributed by atoms with Crippen LogP contribution in [0.25, 0.3) is 0 Å². The third-order valence-electron chi connectivity index (χ3n) is 7.19. The van der Waals surface area contributed by atoms with E-state index in [0.717, 1.165) is 23.1 Å². The number of benzene rings is 2. The van der Waals surface area contributed by atoms with E-state index in [4.69, 9.17) is 0 Å². The van der Waals surface area contributed by atoms with Gasteiger partial charge in [0.15, 0.2) is 0 Å². The molecule has 0 aromatic heterocycles. The highest BCUT2D eigenvalue weighted by molar-refractivity contribution is 7.89. The number of carbonyl (C=O) groups excluding carboxylic acids is 2. The van der Waals surface area contributed by atoms with Gasteiger partial charge in [-0.3, -0.25) is 9.59 Å². The summed E-state index contributed by atoms with van der Waals surface area (Å²) in [6.07, 6.45) is 3.21. The molecular formula is C29H41N3O4S. The largest absolute Gasteiger partial charge is 0.343 e. The SMILES string of the molecule is CCCN(CC(=O)N(Cc1ccccc1C)C1CCN(C(=O)CCc2ccccc2)CC1)S(=O)(=O)CC. The van der Waals surface area contributed by atoms with E-state index in [-0.39, 0.29) is 30.2 Å².